The van der Waals surface area contributed by atoms with E-state index in [0.717, 1.165) is 70.0 Å². The molecular weight excluding hydrogens is 330 g/mol. The van der Waals surface area contributed by atoms with Gasteiger partial charge in [0.1, 0.15) is 12.0 Å². The quantitative estimate of drug-likeness (QED) is 0.844. The molecule has 4 heterocycles. The van der Waals surface area contributed by atoms with E-state index in [-0.39, 0.29) is 11.9 Å². The molecule has 6 nitrogen and oxygen atoms in total. The van der Waals surface area contributed by atoms with Gasteiger partial charge in [0.05, 0.1) is 31.4 Å². The number of furan rings is 1. The van der Waals surface area contributed by atoms with Gasteiger partial charge in [-0.1, -0.05) is 6.07 Å². The van der Waals surface area contributed by atoms with Crippen molar-refractivity contribution in [2.75, 3.05) is 32.8 Å². The summed E-state index contributed by atoms with van der Waals surface area (Å²) >= 11 is 0. The van der Waals surface area contributed by atoms with Crippen molar-refractivity contribution in [3.05, 3.63) is 53.7 Å². The molecule has 2 aliphatic heterocycles. The fraction of sp³-hybridized carbons (Fsp3) is 0.500. The molecule has 0 aromatic carbocycles. The Morgan fingerprint density at radius 1 is 1.23 bits per heavy atom. The molecule has 26 heavy (non-hydrogen) atoms. The summed E-state index contributed by atoms with van der Waals surface area (Å²) in [6.45, 7) is 4.82. The number of ether oxygens (including phenoxy) is 1. The van der Waals surface area contributed by atoms with Crippen LogP contribution in [0.3, 0.4) is 0 Å². The Labute approximate surface area is 153 Å². The predicted molar refractivity (Wildman–Crippen MR) is 96.7 cm³/mol. The molecule has 6 heteroatoms. The Hall–Kier alpha value is -2.18. The first kappa shape index (κ1) is 17.2. The van der Waals surface area contributed by atoms with Crippen LogP contribution in [0.2, 0.25) is 0 Å². The zero-order valence-electron chi connectivity index (χ0n) is 15.0. The molecule has 0 N–H and O–H groups in total. The van der Waals surface area contributed by atoms with Gasteiger partial charge in [0.25, 0.3) is 5.91 Å². The fourth-order valence-electron chi connectivity index (χ4n) is 3.82. The van der Waals surface area contributed by atoms with Crippen LogP contribution in [0, 0.1) is 0 Å². The first-order valence-electron chi connectivity index (χ1n) is 9.39. The molecular formula is C20H25N3O3. The molecule has 2 aliphatic rings. The topological polar surface area (TPSA) is 58.8 Å². The van der Waals surface area contributed by atoms with Crippen LogP contribution in [0.1, 0.15) is 47.0 Å². The second-order valence-electron chi connectivity index (χ2n) is 6.99. The van der Waals surface area contributed by atoms with E-state index < -0.39 is 0 Å². The minimum Gasteiger partial charge on any atom is -0.467 e. The van der Waals surface area contributed by atoms with Gasteiger partial charge in [-0.15, -0.1) is 0 Å². The summed E-state index contributed by atoms with van der Waals surface area (Å²) in [5, 5.41) is 0. The maximum atomic E-state index is 13.1. The lowest BCUT2D eigenvalue weighted by atomic mass is 9.96. The van der Waals surface area contributed by atoms with Gasteiger partial charge in [-0.05, 0) is 37.0 Å². The smallest absolute Gasteiger partial charge is 0.257 e. The lowest BCUT2D eigenvalue weighted by molar-refractivity contribution is 0.0313. The van der Waals surface area contributed by atoms with Crippen LogP contribution >= 0.6 is 0 Å². The standard InChI is InChI=1S/C20H25N3O3/c24-20(17-12-18(26-15-17)14-22-8-10-25-11-9-22)23-7-2-1-5-19(23)16-4-3-6-21-13-16/h3-4,6,12-13,15,19H,1-2,5,7-11,14H2/t19-/m0/s1. The summed E-state index contributed by atoms with van der Waals surface area (Å²) in [5.74, 6) is 0.890. The number of pyridine rings is 1. The number of hydrogen-bond donors (Lipinski definition) is 0. The van der Waals surface area contributed by atoms with Crippen molar-refractivity contribution in [1.29, 1.82) is 0 Å². The number of rotatable bonds is 4. The first-order valence-corrected chi connectivity index (χ1v) is 9.39. The number of aromatic nitrogens is 1. The van der Waals surface area contributed by atoms with E-state index in [4.69, 9.17) is 9.15 Å². The summed E-state index contributed by atoms with van der Waals surface area (Å²) in [5.41, 5.74) is 1.75. The van der Waals surface area contributed by atoms with Gasteiger partial charge in [-0.2, -0.15) is 0 Å². The average molecular weight is 355 g/mol. The van der Waals surface area contributed by atoms with Crippen molar-refractivity contribution in [3.63, 3.8) is 0 Å². The van der Waals surface area contributed by atoms with E-state index in [9.17, 15) is 4.79 Å². The van der Waals surface area contributed by atoms with E-state index in [2.05, 4.69) is 16.0 Å². The molecule has 1 amide bonds. The van der Waals surface area contributed by atoms with Gasteiger partial charge >= 0.3 is 0 Å². The molecule has 0 unspecified atom stereocenters. The average Bonchev–Trinajstić information content (AvgIpc) is 3.17. The van der Waals surface area contributed by atoms with Gasteiger partial charge in [-0.3, -0.25) is 14.7 Å². The molecule has 138 valence electrons. The SMILES string of the molecule is O=C(c1coc(CN2CCOCC2)c1)N1CCCC[C@H]1c1cccnc1. The van der Waals surface area contributed by atoms with E-state index >= 15 is 0 Å². The van der Waals surface area contributed by atoms with E-state index in [1.165, 1.54) is 0 Å². The maximum absolute atomic E-state index is 13.1. The summed E-state index contributed by atoms with van der Waals surface area (Å²) in [6.07, 6.45) is 8.41. The molecule has 2 aromatic heterocycles. The monoisotopic (exact) mass is 355 g/mol. The number of hydrogen-bond acceptors (Lipinski definition) is 5. The zero-order chi connectivity index (χ0) is 17.8. The second kappa shape index (κ2) is 8.01. The van der Waals surface area contributed by atoms with Crippen LogP contribution in [0.15, 0.2) is 41.3 Å². The van der Waals surface area contributed by atoms with Gasteiger partial charge in [0.2, 0.25) is 0 Å². The van der Waals surface area contributed by atoms with E-state index in [1.54, 1.807) is 12.5 Å². The molecule has 0 radical (unpaired) electrons. The number of carbonyl (C=O) groups excluding carboxylic acids is 1. The lowest BCUT2D eigenvalue weighted by Crippen LogP contribution is -2.38. The number of piperidine rings is 1. The van der Waals surface area contributed by atoms with E-state index in [0.29, 0.717) is 5.56 Å². The van der Waals surface area contributed by atoms with Crippen LogP contribution in [0.5, 0.6) is 0 Å². The lowest BCUT2D eigenvalue weighted by Gasteiger charge is -2.35. The van der Waals surface area contributed by atoms with Crippen molar-refractivity contribution >= 4 is 5.91 Å². The highest BCUT2D eigenvalue weighted by atomic mass is 16.5. The summed E-state index contributed by atoms with van der Waals surface area (Å²) in [6, 6.07) is 5.99. The van der Waals surface area contributed by atoms with Gasteiger partial charge in [0.15, 0.2) is 0 Å². The zero-order valence-corrected chi connectivity index (χ0v) is 15.0. The molecule has 2 saturated heterocycles. The van der Waals surface area contributed by atoms with Crippen molar-refractivity contribution in [2.45, 2.75) is 31.8 Å². The minimum atomic E-state index is 0.0514. The molecule has 2 fully saturated rings. The number of likely N-dealkylation sites (tertiary alicyclic amines) is 1. The number of morpholine rings is 1. The Morgan fingerprint density at radius 3 is 2.92 bits per heavy atom. The minimum absolute atomic E-state index is 0.0514. The largest absolute Gasteiger partial charge is 0.467 e. The fourth-order valence-corrected chi connectivity index (χ4v) is 3.82. The third-order valence-corrected chi connectivity index (χ3v) is 5.22. The Balaban J connectivity index is 1.47. The van der Waals surface area contributed by atoms with Crippen LogP contribution in [0.25, 0.3) is 0 Å². The summed E-state index contributed by atoms with van der Waals surface area (Å²) < 4.78 is 11.1. The van der Waals surface area contributed by atoms with Crippen LogP contribution < -0.4 is 0 Å². The van der Waals surface area contributed by atoms with Crippen LogP contribution in [-0.2, 0) is 11.3 Å². The van der Waals surface area contributed by atoms with E-state index in [1.807, 2.05) is 23.2 Å². The maximum Gasteiger partial charge on any atom is 0.257 e. The Kier molecular flexibility index (Phi) is 5.32. The molecule has 2 aromatic rings. The van der Waals surface area contributed by atoms with Crippen molar-refractivity contribution in [3.8, 4) is 0 Å². The van der Waals surface area contributed by atoms with Crippen molar-refractivity contribution < 1.29 is 13.9 Å². The van der Waals surface area contributed by atoms with Crippen LogP contribution in [0.4, 0.5) is 0 Å². The number of nitrogens with zero attached hydrogens (tertiary/aromatic N) is 3. The van der Waals surface area contributed by atoms with Crippen molar-refractivity contribution in [2.24, 2.45) is 0 Å². The first-order chi connectivity index (χ1) is 12.8. The molecule has 0 aliphatic carbocycles. The molecule has 0 spiro atoms. The summed E-state index contributed by atoms with van der Waals surface area (Å²) in [7, 11) is 0. The van der Waals surface area contributed by atoms with Gasteiger partial charge in [0, 0.05) is 32.0 Å². The summed E-state index contributed by atoms with van der Waals surface area (Å²) in [4.78, 5) is 21.6. The molecule has 1 atom stereocenters. The molecule has 4 rings (SSSR count). The predicted octanol–water partition coefficient (Wildman–Crippen LogP) is 2.87. The van der Waals surface area contributed by atoms with Gasteiger partial charge in [-0.25, -0.2) is 0 Å². The highest BCUT2D eigenvalue weighted by Gasteiger charge is 2.29. The molecule has 0 bridgehead atoms. The Morgan fingerprint density at radius 2 is 2.12 bits per heavy atom. The second-order valence-corrected chi connectivity index (χ2v) is 6.99. The highest BCUT2D eigenvalue weighted by Crippen LogP contribution is 2.32. The highest BCUT2D eigenvalue weighted by molar-refractivity contribution is 5.94. The number of carbonyl (C=O) groups is 1. The third-order valence-electron chi connectivity index (χ3n) is 5.22. The number of amides is 1. The molecule has 0 saturated carbocycles. The normalized spacial score (nSPS) is 21.7. The van der Waals surface area contributed by atoms with Crippen molar-refractivity contribution in [1.82, 2.24) is 14.8 Å². The third kappa shape index (κ3) is 3.81. The van der Waals surface area contributed by atoms with Gasteiger partial charge < -0.3 is 14.1 Å². The Bertz CT molecular complexity index is 725. The van der Waals surface area contributed by atoms with Crippen LogP contribution in [-0.4, -0.2) is 53.5 Å².